The molecule has 2 aliphatic rings. The molecule has 1 saturated heterocycles. The minimum absolute atomic E-state index is 0.147. The van der Waals surface area contributed by atoms with Crippen molar-refractivity contribution in [3.05, 3.63) is 35.4 Å². The molecule has 3 rings (SSSR count). The fourth-order valence-electron chi connectivity index (χ4n) is 3.88. The lowest BCUT2D eigenvalue weighted by Gasteiger charge is -2.26. The van der Waals surface area contributed by atoms with Crippen LogP contribution in [0.3, 0.4) is 0 Å². The molecule has 3 atom stereocenters. The highest BCUT2D eigenvalue weighted by Gasteiger charge is 2.34. The predicted molar refractivity (Wildman–Crippen MR) is 79.9 cm³/mol. The molecule has 0 aromatic heterocycles. The first-order chi connectivity index (χ1) is 9.79. The van der Waals surface area contributed by atoms with Crippen LogP contribution in [0.2, 0.25) is 0 Å². The van der Waals surface area contributed by atoms with E-state index in [1.165, 1.54) is 24.0 Å². The molecular formula is C18H24O2. The van der Waals surface area contributed by atoms with Crippen LogP contribution in [-0.4, -0.2) is 18.5 Å². The van der Waals surface area contributed by atoms with E-state index in [4.69, 9.17) is 4.74 Å². The van der Waals surface area contributed by atoms with Crippen molar-refractivity contribution < 1.29 is 9.53 Å². The molecule has 0 radical (unpaired) electrons. The molecule has 2 heteroatoms. The number of Topliss-reactive ketones (excluding diaryl/α,β-unsaturated/α-hetero) is 1. The molecule has 1 fully saturated rings. The Morgan fingerprint density at radius 1 is 1.30 bits per heavy atom. The maximum absolute atomic E-state index is 12.6. The summed E-state index contributed by atoms with van der Waals surface area (Å²) in [5, 5.41) is 0. The van der Waals surface area contributed by atoms with E-state index in [-0.39, 0.29) is 12.0 Å². The molecule has 0 spiro atoms. The normalized spacial score (nSPS) is 29.1. The van der Waals surface area contributed by atoms with Crippen molar-refractivity contribution in [2.45, 2.75) is 57.5 Å². The molecule has 2 nitrogen and oxygen atoms in total. The topological polar surface area (TPSA) is 26.3 Å². The van der Waals surface area contributed by atoms with E-state index in [0.29, 0.717) is 18.1 Å². The van der Waals surface area contributed by atoms with E-state index in [2.05, 4.69) is 31.2 Å². The average Bonchev–Trinajstić information content (AvgIpc) is 2.96. The highest BCUT2D eigenvalue weighted by atomic mass is 16.5. The second-order valence-electron chi connectivity index (χ2n) is 6.17. The second-order valence-corrected chi connectivity index (χ2v) is 6.17. The summed E-state index contributed by atoms with van der Waals surface area (Å²) in [6, 6.07) is 8.66. The molecule has 1 aromatic rings. The highest BCUT2D eigenvalue weighted by Crippen LogP contribution is 2.36. The summed E-state index contributed by atoms with van der Waals surface area (Å²) in [5.74, 6) is 1.01. The van der Waals surface area contributed by atoms with Crippen LogP contribution in [0, 0.1) is 5.92 Å². The van der Waals surface area contributed by atoms with Crippen LogP contribution in [-0.2, 0) is 16.0 Å². The summed E-state index contributed by atoms with van der Waals surface area (Å²) >= 11 is 0. The van der Waals surface area contributed by atoms with Gasteiger partial charge in [-0.1, -0.05) is 31.2 Å². The van der Waals surface area contributed by atoms with Crippen LogP contribution < -0.4 is 0 Å². The molecule has 20 heavy (non-hydrogen) atoms. The Kier molecular flexibility index (Phi) is 4.21. The largest absolute Gasteiger partial charge is 0.377 e. The number of carbonyl (C=O) groups excluding carboxylic acids is 1. The third-order valence-corrected chi connectivity index (χ3v) is 4.97. The maximum Gasteiger partial charge on any atom is 0.139 e. The SMILES string of the molecule is CCC1OCCC1C(=O)CC1CCCc2ccccc21. The Balaban J connectivity index is 1.71. The first kappa shape index (κ1) is 13.8. The van der Waals surface area contributed by atoms with Crippen LogP contribution in [0.25, 0.3) is 0 Å². The number of ketones is 1. The Labute approximate surface area is 121 Å². The van der Waals surface area contributed by atoms with Gasteiger partial charge in [-0.15, -0.1) is 0 Å². The Morgan fingerprint density at radius 3 is 3.00 bits per heavy atom. The molecule has 1 heterocycles. The predicted octanol–water partition coefficient (Wildman–Crippen LogP) is 3.88. The van der Waals surface area contributed by atoms with Crippen molar-refractivity contribution >= 4 is 5.78 Å². The molecule has 1 aliphatic carbocycles. The number of ether oxygens (including phenoxy) is 1. The zero-order valence-electron chi connectivity index (χ0n) is 12.3. The lowest BCUT2D eigenvalue weighted by molar-refractivity contribution is -0.125. The Morgan fingerprint density at radius 2 is 2.15 bits per heavy atom. The van der Waals surface area contributed by atoms with E-state index < -0.39 is 0 Å². The van der Waals surface area contributed by atoms with Crippen molar-refractivity contribution in [1.29, 1.82) is 0 Å². The van der Waals surface area contributed by atoms with Crippen LogP contribution in [0.15, 0.2) is 24.3 Å². The first-order valence-electron chi connectivity index (χ1n) is 8.01. The Hall–Kier alpha value is -1.15. The van der Waals surface area contributed by atoms with Gasteiger partial charge >= 0.3 is 0 Å². The van der Waals surface area contributed by atoms with Crippen molar-refractivity contribution in [3.8, 4) is 0 Å². The van der Waals surface area contributed by atoms with E-state index in [1.54, 1.807) is 0 Å². The van der Waals surface area contributed by atoms with Gasteiger partial charge in [0.2, 0.25) is 0 Å². The van der Waals surface area contributed by atoms with Gasteiger partial charge in [-0.3, -0.25) is 4.79 Å². The van der Waals surface area contributed by atoms with Gasteiger partial charge in [0.15, 0.2) is 0 Å². The van der Waals surface area contributed by atoms with E-state index >= 15 is 0 Å². The van der Waals surface area contributed by atoms with Gasteiger partial charge in [0.25, 0.3) is 0 Å². The van der Waals surface area contributed by atoms with Crippen LogP contribution >= 0.6 is 0 Å². The molecule has 3 unspecified atom stereocenters. The summed E-state index contributed by atoms with van der Waals surface area (Å²) in [7, 11) is 0. The van der Waals surface area contributed by atoms with Gasteiger partial charge in [0, 0.05) is 18.9 Å². The minimum atomic E-state index is 0.147. The number of fused-ring (bicyclic) bond motifs is 1. The maximum atomic E-state index is 12.6. The van der Waals surface area contributed by atoms with Crippen molar-refractivity contribution in [2.24, 2.45) is 5.92 Å². The molecule has 1 aliphatic heterocycles. The molecule has 0 amide bonds. The van der Waals surface area contributed by atoms with Crippen LogP contribution in [0.4, 0.5) is 0 Å². The number of benzene rings is 1. The zero-order chi connectivity index (χ0) is 13.9. The van der Waals surface area contributed by atoms with E-state index in [9.17, 15) is 4.79 Å². The number of rotatable bonds is 4. The van der Waals surface area contributed by atoms with Crippen molar-refractivity contribution in [3.63, 3.8) is 0 Å². The standard InChI is InChI=1S/C18H24O2/c1-2-18-16(10-11-20-18)17(19)12-14-8-5-7-13-6-3-4-9-15(13)14/h3-4,6,9,14,16,18H,2,5,7-8,10-12H2,1H3. The molecule has 0 N–H and O–H groups in total. The molecule has 0 bridgehead atoms. The van der Waals surface area contributed by atoms with Gasteiger partial charge in [-0.2, -0.15) is 0 Å². The average molecular weight is 272 g/mol. The monoisotopic (exact) mass is 272 g/mol. The van der Waals surface area contributed by atoms with E-state index in [1.807, 2.05) is 0 Å². The lowest BCUT2D eigenvalue weighted by Crippen LogP contribution is -2.26. The van der Waals surface area contributed by atoms with Crippen molar-refractivity contribution in [2.75, 3.05) is 6.61 Å². The lowest BCUT2D eigenvalue weighted by atomic mass is 9.78. The van der Waals surface area contributed by atoms with Gasteiger partial charge in [0.1, 0.15) is 5.78 Å². The zero-order valence-corrected chi connectivity index (χ0v) is 12.3. The number of carbonyl (C=O) groups is 1. The van der Waals surface area contributed by atoms with Gasteiger partial charge < -0.3 is 4.74 Å². The quantitative estimate of drug-likeness (QED) is 0.831. The van der Waals surface area contributed by atoms with Crippen molar-refractivity contribution in [1.82, 2.24) is 0 Å². The van der Waals surface area contributed by atoms with Gasteiger partial charge in [0.05, 0.1) is 6.10 Å². The smallest absolute Gasteiger partial charge is 0.139 e. The third kappa shape index (κ3) is 2.67. The Bertz CT molecular complexity index is 480. The summed E-state index contributed by atoms with van der Waals surface area (Å²) < 4.78 is 5.67. The van der Waals surface area contributed by atoms with Crippen LogP contribution in [0.1, 0.15) is 56.1 Å². The summed E-state index contributed by atoms with van der Waals surface area (Å²) in [6.45, 7) is 2.88. The molecular weight excluding hydrogens is 248 g/mol. The molecule has 1 aromatic carbocycles. The summed E-state index contributed by atoms with van der Waals surface area (Å²) in [4.78, 5) is 12.6. The molecule has 108 valence electrons. The van der Waals surface area contributed by atoms with E-state index in [0.717, 1.165) is 25.9 Å². The summed E-state index contributed by atoms with van der Waals surface area (Å²) in [6.07, 6.45) is 6.30. The number of aryl methyl sites for hydroxylation is 1. The fourth-order valence-corrected chi connectivity index (χ4v) is 3.88. The first-order valence-corrected chi connectivity index (χ1v) is 8.01. The number of hydrogen-bond acceptors (Lipinski definition) is 2. The highest BCUT2D eigenvalue weighted by molar-refractivity contribution is 5.82. The fraction of sp³-hybridized carbons (Fsp3) is 0.611. The number of hydrogen-bond donors (Lipinski definition) is 0. The molecule has 0 saturated carbocycles. The summed E-state index contributed by atoms with van der Waals surface area (Å²) in [5.41, 5.74) is 2.87. The third-order valence-electron chi connectivity index (χ3n) is 4.97. The van der Waals surface area contributed by atoms with Gasteiger partial charge in [-0.05, 0) is 49.1 Å². The minimum Gasteiger partial charge on any atom is -0.377 e. The van der Waals surface area contributed by atoms with Crippen LogP contribution in [0.5, 0.6) is 0 Å². The second kappa shape index (κ2) is 6.09. The van der Waals surface area contributed by atoms with Gasteiger partial charge in [-0.25, -0.2) is 0 Å².